The number of nitrogens with one attached hydrogen (secondary N) is 1. The van der Waals surface area contributed by atoms with Gasteiger partial charge in [0, 0.05) is 6.08 Å². The molecule has 1 fully saturated rings. The predicted molar refractivity (Wildman–Crippen MR) is 127 cm³/mol. The molecule has 2 aromatic heterocycles. The zero-order valence-corrected chi connectivity index (χ0v) is 18.3. The molecule has 1 aliphatic carbocycles. The number of thiazole rings is 1. The number of benzene rings is 2. The van der Waals surface area contributed by atoms with Crippen LogP contribution in [0.25, 0.3) is 27.3 Å². The van der Waals surface area contributed by atoms with Gasteiger partial charge in [0.05, 0.1) is 39.9 Å². The lowest BCUT2D eigenvalue weighted by Crippen LogP contribution is -2.36. The number of aromatic nitrogens is 3. The summed E-state index contributed by atoms with van der Waals surface area (Å²) >= 11 is 1.59. The molecule has 164 valence electrons. The molecular formula is C24H24N4O3S. The summed E-state index contributed by atoms with van der Waals surface area (Å²) in [5, 5.41) is 23.6. The second-order valence-electron chi connectivity index (χ2n) is 8.10. The first-order chi connectivity index (χ1) is 15.6. The van der Waals surface area contributed by atoms with E-state index in [-0.39, 0.29) is 12.1 Å². The quantitative estimate of drug-likeness (QED) is 0.375. The highest BCUT2D eigenvalue weighted by Gasteiger charge is 2.24. The number of aliphatic hydroxyl groups excluding tert-OH is 1. The third kappa shape index (κ3) is 4.11. The van der Waals surface area contributed by atoms with Crippen molar-refractivity contribution in [2.45, 2.75) is 44.4 Å². The van der Waals surface area contributed by atoms with Crippen molar-refractivity contribution in [3.63, 3.8) is 0 Å². The number of rotatable bonds is 6. The Bertz CT molecular complexity index is 1310. The summed E-state index contributed by atoms with van der Waals surface area (Å²) in [6.45, 7) is 0.520. The topological polar surface area (TPSA) is 100 Å². The van der Waals surface area contributed by atoms with Crippen LogP contribution in [0.3, 0.4) is 0 Å². The summed E-state index contributed by atoms with van der Waals surface area (Å²) in [5.74, 6) is -0.421. The van der Waals surface area contributed by atoms with E-state index in [0.29, 0.717) is 12.4 Å². The average molecular weight is 449 g/mol. The number of carboxylic acids is 1. The van der Waals surface area contributed by atoms with E-state index in [0.717, 1.165) is 63.7 Å². The summed E-state index contributed by atoms with van der Waals surface area (Å²) in [4.78, 5) is 20.5. The van der Waals surface area contributed by atoms with Crippen molar-refractivity contribution in [3.05, 3.63) is 59.9 Å². The van der Waals surface area contributed by atoms with Crippen LogP contribution in [0.2, 0.25) is 0 Å². The Kier molecular flexibility index (Phi) is 5.63. The first-order valence-electron chi connectivity index (χ1n) is 10.8. The van der Waals surface area contributed by atoms with Gasteiger partial charge in [0.1, 0.15) is 5.82 Å². The molecule has 0 bridgehead atoms. The summed E-state index contributed by atoms with van der Waals surface area (Å²) in [5.41, 5.74) is 3.70. The summed E-state index contributed by atoms with van der Waals surface area (Å²) in [7, 11) is 0. The Morgan fingerprint density at radius 1 is 1.16 bits per heavy atom. The van der Waals surface area contributed by atoms with Crippen LogP contribution in [0, 0.1) is 0 Å². The zero-order chi connectivity index (χ0) is 22.1. The monoisotopic (exact) mass is 448 g/mol. The van der Waals surface area contributed by atoms with Gasteiger partial charge in [-0.05, 0) is 42.7 Å². The Labute approximate surface area is 189 Å². The largest absolute Gasteiger partial charge is 0.478 e. The van der Waals surface area contributed by atoms with Gasteiger partial charge in [0.2, 0.25) is 0 Å². The van der Waals surface area contributed by atoms with Crippen molar-refractivity contribution in [2.24, 2.45) is 0 Å². The van der Waals surface area contributed by atoms with Crippen LogP contribution >= 0.6 is 11.3 Å². The van der Waals surface area contributed by atoms with Crippen LogP contribution in [0.15, 0.2) is 48.5 Å². The molecule has 1 aliphatic rings. The molecule has 1 saturated carbocycles. The van der Waals surface area contributed by atoms with E-state index in [4.69, 9.17) is 10.1 Å². The van der Waals surface area contributed by atoms with Crippen molar-refractivity contribution < 1.29 is 15.0 Å². The first-order valence-corrected chi connectivity index (χ1v) is 11.6. The van der Waals surface area contributed by atoms with E-state index in [2.05, 4.69) is 16.4 Å². The second-order valence-corrected chi connectivity index (χ2v) is 9.13. The maximum Gasteiger partial charge on any atom is 0.328 e. The maximum atomic E-state index is 11.1. The molecule has 0 aliphatic heterocycles. The fraction of sp³-hybridized carbons (Fsp3) is 0.292. The van der Waals surface area contributed by atoms with Crippen LogP contribution in [0.1, 0.15) is 37.1 Å². The van der Waals surface area contributed by atoms with Crippen LogP contribution in [0.4, 0.5) is 5.13 Å². The summed E-state index contributed by atoms with van der Waals surface area (Å²) in [6.07, 6.45) is 6.26. The minimum atomic E-state index is -1.01. The van der Waals surface area contributed by atoms with E-state index in [9.17, 15) is 9.90 Å². The van der Waals surface area contributed by atoms with Crippen molar-refractivity contribution in [1.29, 1.82) is 0 Å². The van der Waals surface area contributed by atoms with E-state index in [1.807, 2.05) is 41.0 Å². The number of hydrogen-bond donors (Lipinski definition) is 3. The minimum Gasteiger partial charge on any atom is -0.478 e. The molecule has 0 saturated heterocycles. The number of aliphatic hydroxyl groups is 1. The average Bonchev–Trinajstić information content (AvgIpc) is 3.35. The summed E-state index contributed by atoms with van der Waals surface area (Å²) in [6, 6.07) is 13.9. The van der Waals surface area contributed by atoms with E-state index >= 15 is 0 Å². The Morgan fingerprint density at radius 2 is 2.00 bits per heavy atom. The van der Waals surface area contributed by atoms with Gasteiger partial charge in [-0.25, -0.2) is 14.8 Å². The highest BCUT2D eigenvalue weighted by atomic mass is 32.1. The zero-order valence-electron chi connectivity index (χ0n) is 17.4. The molecule has 7 nitrogen and oxygen atoms in total. The van der Waals surface area contributed by atoms with Crippen LogP contribution in [-0.2, 0) is 11.3 Å². The normalized spacial score (nSPS) is 19.2. The number of carboxylic acid groups (broad SMARTS) is 1. The van der Waals surface area contributed by atoms with Crippen LogP contribution in [0.5, 0.6) is 0 Å². The Morgan fingerprint density at radius 3 is 2.84 bits per heavy atom. The van der Waals surface area contributed by atoms with Crippen LogP contribution < -0.4 is 5.32 Å². The second kappa shape index (κ2) is 8.72. The molecule has 2 heterocycles. The number of hydrogen-bond acceptors (Lipinski definition) is 6. The standard InChI is InChI=1S/C24H24N4O3S/c29-19-10-4-2-8-17(19)26-24-27-23-15(6-5-11-20(23)32-24)14-28-18-9-3-1-7-16(18)25-21(28)12-13-22(30)31/h1,3,5-7,9,11-13,17,19,29H,2,4,8,10,14H2,(H,26,27)(H,30,31). The molecular weight excluding hydrogens is 424 g/mol. The molecule has 0 spiro atoms. The number of aliphatic carboxylic acids is 1. The van der Waals surface area contributed by atoms with Crippen molar-refractivity contribution in [3.8, 4) is 0 Å². The molecule has 0 radical (unpaired) electrons. The van der Waals surface area contributed by atoms with Crippen LogP contribution in [-0.4, -0.2) is 42.9 Å². The van der Waals surface area contributed by atoms with Crippen molar-refractivity contribution >= 4 is 49.8 Å². The number of para-hydroxylation sites is 3. The molecule has 8 heteroatoms. The molecule has 4 aromatic rings. The highest BCUT2D eigenvalue weighted by Crippen LogP contribution is 2.32. The van der Waals surface area contributed by atoms with E-state index < -0.39 is 5.97 Å². The van der Waals surface area contributed by atoms with Gasteiger partial charge in [-0.2, -0.15) is 0 Å². The lowest BCUT2D eigenvalue weighted by molar-refractivity contribution is -0.131. The van der Waals surface area contributed by atoms with Gasteiger partial charge in [0.25, 0.3) is 0 Å². The molecule has 3 N–H and O–H groups in total. The predicted octanol–water partition coefficient (Wildman–Crippen LogP) is 4.51. The number of nitrogens with zero attached hydrogens (tertiary/aromatic N) is 3. The number of anilines is 1. The third-order valence-corrected chi connectivity index (χ3v) is 6.88. The van der Waals surface area contributed by atoms with Gasteiger partial charge in [-0.1, -0.05) is 48.4 Å². The number of fused-ring (bicyclic) bond motifs is 2. The SMILES string of the molecule is O=C(O)C=Cc1nc2ccccc2n1Cc1cccc2sc(NC3CCCCC3O)nc12. The lowest BCUT2D eigenvalue weighted by Gasteiger charge is -2.28. The molecule has 32 heavy (non-hydrogen) atoms. The molecule has 5 rings (SSSR count). The number of imidazole rings is 1. The third-order valence-electron chi connectivity index (χ3n) is 5.93. The number of carbonyl (C=O) groups is 1. The molecule has 2 aromatic carbocycles. The maximum absolute atomic E-state index is 11.1. The Balaban J connectivity index is 1.50. The minimum absolute atomic E-state index is 0.0399. The van der Waals surface area contributed by atoms with E-state index in [1.165, 1.54) is 6.08 Å². The van der Waals surface area contributed by atoms with Gasteiger partial charge < -0.3 is 20.1 Å². The fourth-order valence-electron chi connectivity index (χ4n) is 4.34. The first kappa shape index (κ1) is 20.7. The van der Waals surface area contributed by atoms with Gasteiger partial charge in [-0.15, -0.1) is 0 Å². The van der Waals surface area contributed by atoms with Gasteiger partial charge in [-0.3, -0.25) is 0 Å². The molecule has 2 atom stereocenters. The van der Waals surface area contributed by atoms with Gasteiger partial charge in [0.15, 0.2) is 5.13 Å². The Hall–Kier alpha value is -3.23. The molecule has 2 unspecified atom stereocenters. The van der Waals surface area contributed by atoms with E-state index in [1.54, 1.807) is 11.3 Å². The smallest absolute Gasteiger partial charge is 0.328 e. The van der Waals surface area contributed by atoms with Crippen molar-refractivity contribution in [1.82, 2.24) is 14.5 Å². The summed E-state index contributed by atoms with van der Waals surface area (Å²) < 4.78 is 3.09. The molecule has 0 amide bonds. The van der Waals surface area contributed by atoms with Gasteiger partial charge >= 0.3 is 5.97 Å². The highest BCUT2D eigenvalue weighted by molar-refractivity contribution is 7.22. The fourth-order valence-corrected chi connectivity index (χ4v) is 5.31. The lowest BCUT2D eigenvalue weighted by atomic mass is 9.93. The van der Waals surface area contributed by atoms with Crippen molar-refractivity contribution in [2.75, 3.05) is 5.32 Å².